The van der Waals surface area contributed by atoms with Crippen molar-refractivity contribution in [2.75, 3.05) is 23.7 Å². The Morgan fingerprint density at radius 1 is 1.10 bits per heavy atom. The Morgan fingerprint density at radius 3 is 2.19 bits per heavy atom. The van der Waals surface area contributed by atoms with Crippen molar-refractivity contribution in [1.29, 1.82) is 0 Å². The zero-order valence-corrected chi connectivity index (χ0v) is 14.0. The van der Waals surface area contributed by atoms with Crippen LogP contribution in [0.25, 0.3) is 0 Å². The van der Waals surface area contributed by atoms with Crippen molar-refractivity contribution in [3.8, 4) is 0 Å². The number of nitrogens with zero attached hydrogens (tertiary/aromatic N) is 1. The minimum Gasteiger partial charge on any atom is -0.369 e. The molecule has 116 valence electrons. The highest BCUT2D eigenvalue weighted by Crippen LogP contribution is 2.49. The lowest BCUT2D eigenvalue weighted by molar-refractivity contribution is 0.428. The van der Waals surface area contributed by atoms with E-state index in [4.69, 9.17) is 23.2 Å². The molecular weight excluding hydrogens is 305 g/mol. The highest BCUT2D eigenvalue weighted by Gasteiger charge is 2.41. The van der Waals surface area contributed by atoms with Crippen molar-refractivity contribution in [1.82, 2.24) is 4.98 Å². The summed E-state index contributed by atoms with van der Waals surface area (Å²) in [4.78, 5) is 4.55. The van der Waals surface area contributed by atoms with Crippen molar-refractivity contribution in [2.45, 2.75) is 39.0 Å². The van der Waals surface area contributed by atoms with Gasteiger partial charge in [-0.3, -0.25) is 0 Å². The van der Waals surface area contributed by atoms with E-state index in [1.54, 1.807) is 6.07 Å². The van der Waals surface area contributed by atoms with Gasteiger partial charge in [0.25, 0.3) is 0 Å². The average molecular weight is 328 g/mol. The molecule has 0 unspecified atom stereocenters. The normalized spacial score (nSPS) is 18.1. The number of hydrogen-bond donors (Lipinski definition) is 2. The zero-order chi connectivity index (χ0) is 14.8. The number of anilines is 2. The summed E-state index contributed by atoms with van der Waals surface area (Å²) in [6, 6.07) is 1.78. The first-order chi connectivity index (χ1) is 10.2. The van der Waals surface area contributed by atoms with Gasteiger partial charge in [0.2, 0.25) is 0 Å². The molecule has 2 saturated carbocycles. The second-order valence-electron chi connectivity index (χ2n) is 6.30. The summed E-state index contributed by atoms with van der Waals surface area (Å²) >= 11 is 12.5. The minimum atomic E-state index is 0.583. The maximum absolute atomic E-state index is 6.27. The summed E-state index contributed by atoms with van der Waals surface area (Å²) in [6.07, 6.45) is 6.62. The molecule has 1 aromatic heterocycles. The lowest BCUT2D eigenvalue weighted by Gasteiger charge is -2.18. The summed E-state index contributed by atoms with van der Waals surface area (Å²) in [6.45, 7) is 3.96. The molecule has 0 saturated heterocycles. The molecule has 0 aliphatic heterocycles. The molecule has 3 rings (SSSR count). The van der Waals surface area contributed by atoms with Gasteiger partial charge in [-0.1, -0.05) is 30.1 Å². The van der Waals surface area contributed by atoms with Crippen molar-refractivity contribution in [3.63, 3.8) is 0 Å². The lowest BCUT2D eigenvalue weighted by atomic mass is 9.98. The Morgan fingerprint density at radius 2 is 1.67 bits per heavy atom. The van der Waals surface area contributed by atoms with Crippen molar-refractivity contribution in [3.05, 3.63) is 16.1 Å². The second-order valence-corrected chi connectivity index (χ2v) is 7.11. The van der Waals surface area contributed by atoms with Crippen LogP contribution >= 0.6 is 23.2 Å². The van der Waals surface area contributed by atoms with E-state index in [9.17, 15) is 0 Å². The summed E-state index contributed by atoms with van der Waals surface area (Å²) in [5.74, 6) is 4.12. The Kier molecular flexibility index (Phi) is 4.80. The molecule has 1 heterocycles. The molecule has 2 aliphatic rings. The fraction of sp³-hybridized carbons (Fsp3) is 0.688. The second kappa shape index (κ2) is 6.62. The minimum absolute atomic E-state index is 0.583. The van der Waals surface area contributed by atoms with Gasteiger partial charge in [0.05, 0.1) is 10.0 Å². The van der Waals surface area contributed by atoms with Crippen LogP contribution in [0, 0.1) is 17.8 Å². The first-order valence-electron chi connectivity index (χ1n) is 8.02. The summed E-state index contributed by atoms with van der Waals surface area (Å²) < 4.78 is 0. The van der Waals surface area contributed by atoms with Crippen LogP contribution in [-0.4, -0.2) is 18.1 Å². The summed E-state index contributed by atoms with van der Waals surface area (Å²) in [5, 5.41) is 7.89. The standard InChI is InChI=1S/C16H23Cl2N3/c1-2-7-19-15-13(17)8-14(18)16(21-15)20-9-12(10-3-4-10)11-5-6-11/h8,10-12H,2-7,9H2,1H3,(H2,19,20,21). The van der Waals surface area contributed by atoms with Crippen LogP contribution in [0.5, 0.6) is 0 Å². The Balaban J connectivity index is 1.65. The van der Waals surface area contributed by atoms with Gasteiger partial charge in [0.1, 0.15) is 11.6 Å². The third kappa shape index (κ3) is 3.95. The molecule has 5 heteroatoms. The number of aromatic nitrogens is 1. The van der Waals surface area contributed by atoms with E-state index in [1.807, 2.05) is 0 Å². The van der Waals surface area contributed by atoms with Gasteiger partial charge in [-0.25, -0.2) is 4.98 Å². The van der Waals surface area contributed by atoms with Gasteiger partial charge < -0.3 is 10.6 Å². The molecule has 0 aromatic carbocycles. The SMILES string of the molecule is CCCNc1nc(NCC(C2CC2)C2CC2)c(Cl)cc1Cl. The predicted molar refractivity (Wildman–Crippen MR) is 90.5 cm³/mol. The Hall–Kier alpha value is -0.670. The molecule has 0 spiro atoms. The van der Waals surface area contributed by atoms with E-state index >= 15 is 0 Å². The molecule has 2 fully saturated rings. The first kappa shape index (κ1) is 15.2. The molecule has 1 aromatic rings. The summed E-state index contributed by atoms with van der Waals surface area (Å²) in [5.41, 5.74) is 0. The van der Waals surface area contributed by atoms with Gasteiger partial charge in [0, 0.05) is 13.1 Å². The molecule has 21 heavy (non-hydrogen) atoms. The smallest absolute Gasteiger partial charge is 0.147 e. The van der Waals surface area contributed by atoms with Crippen molar-refractivity contribution >= 4 is 34.8 Å². The van der Waals surface area contributed by atoms with E-state index in [0.717, 1.165) is 48.9 Å². The van der Waals surface area contributed by atoms with Gasteiger partial charge in [-0.05, 0) is 55.9 Å². The molecule has 2 N–H and O–H groups in total. The highest BCUT2D eigenvalue weighted by atomic mass is 35.5. The largest absolute Gasteiger partial charge is 0.369 e. The highest BCUT2D eigenvalue weighted by molar-refractivity contribution is 6.37. The molecule has 3 nitrogen and oxygen atoms in total. The van der Waals surface area contributed by atoms with Crippen LogP contribution in [0.2, 0.25) is 10.0 Å². The molecule has 0 radical (unpaired) electrons. The van der Waals surface area contributed by atoms with Crippen molar-refractivity contribution in [2.24, 2.45) is 17.8 Å². The fourth-order valence-corrected chi connectivity index (χ4v) is 3.43. The van der Waals surface area contributed by atoms with Crippen molar-refractivity contribution < 1.29 is 0 Å². The number of halogens is 2. The van der Waals surface area contributed by atoms with Gasteiger partial charge in [0.15, 0.2) is 0 Å². The zero-order valence-electron chi connectivity index (χ0n) is 12.5. The van der Waals surface area contributed by atoms with Crippen LogP contribution in [0.1, 0.15) is 39.0 Å². The van der Waals surface area contributed by atoms with E-state index < -0.39 is 0 Å². The number of hydrogen-bond acceptors (Lipinski definition) is 3. The third-order valence-corrected chi connectivity index (χ3v) is 5.01. The van der Waals surface area contributed by atoms with Gasteiger partial charge >= 0.3 is 0 Å². The summed E-state index contributed by atoms with van der Waals surface area (Å²) in [7, 11) is 0. The van der Waals surface area contributed by atoms with Crippen LogP contribution < -0.4 is 10.6 Å². The molecule has 0 bridgehead atoms. The molecule has 0 atom stereocenters. The predicted octanol–water partition coefficient (Wildman–Crippen LogP) is 5.06. The fourth-order valence-electron chi connectivity index (χ4n) is 2.94. The Labute approximate surface area is 136 Å². The first-order valence-corrected chi connectivity index (χ1v) is 8.78. The van der Waals surface area contributed by atoms with Crippen LogP contribution in [0.15, 0.2) is 6.07 Å². The third-order valence-electron chi connectivity index (χ3n) is 4.43. The van der Waals surface area contributed by atoms with Crippen LogP contribution in [0.4, 0.5) is 11.6 Å². The molecule has 2 aliphatic carbocycles. The lowest BCUT2D eigenvalue weighted by Crippen LogP contribution is -2.19. The van der Waals surface area contributed by atoms with E-state index in [1.165, 1.54) is 25.7 Å². The van der Waals surface area contributed by atoms with E-state index in [2.05, 4.69) is 22.5 Å². The van der Waals surface area contributed by atoms with Crippen LogP contribution in [0.3, 0.4) is 0 Å². The van der Waals surface area contributed by atoms with E-state index in [-0.39, 0.29) is 0 Å². The number of nitrogens with one attached hydrogen (secondary N) is 2. The Bertz CT molecular complexity index is 487. The van der Waals surface area contributed by atoms with E-state index in [0.29, 0.717) is 10.0 Å². The van der Waals surface area contributed by atoms with Crippen LogP contribution in [-0.2, 0) is 0 Å². The monoisotopic (exact) mass is 327 g/mol. The number of pyridine rings is 1. The molecular formula is C16H23Cl2N3. The van der Waals surface area contributed by atoms with Gasteiger partial charge in [-0.2, -0.15) is 0 Å². The molecule has 0 amide bonds. The number of rotatable bonds is 8. The maximum atomic E-state index is 6.27. The topological polar surface area (TPSA) is 37.0 Å². The van der Waals surface area contributed by atoms with Gasteiger partial charge in [-0.15, -0.1) is 0 Å². The maximum Gasteiger partial charge on any atom is 0.147 e. The average Bonchev–Trinajstić information content (AvgIpc) is 3.34. The quantitative estimate of drug-likeness (QED) is 0.700.